The number of aromatic nitrogens is 1. The molecule has 0 radical (unpaired) electrons. The number of para-hydroxylation sites is 1. The highest BCUT2D eigenvalue weighted by Crippen LogP contribution is 2.37. The van der Waals surface area contributed by atoms with E-state index in [4.69, 9.17) is 15.6 Å². The van der Waals surface area contributed by atoms with Crippen molar-refractivity contribution in [3.63, 3.8) is 0 Å². The van der Waals surface area contributed by atoms with Crippen LogP contribution in [0.5, 0.6) is 5.75 Å². The summed E-state index contributed by atoms with van der Waals surface area (Å²) in [5.74, 6) is -0.209. The van der Waals surface area contributed by atoms with E-state index in [1.54, 1.807) is 5.38 Å². The summed E-state index contributed by atoms with van der Waals surface area (Å²) in [5, 5.41) is 11.3. The highest BCUT2D eigenvalue weighted by atomic mass is 32.1. The SMILES string of the molecule is NC(C(=O)O)c1csc(C2Cc3ccccc3O2)n1. The van der Waals surface area contributed by atoms with E-state index in [1.807, 2.05) is 24.3 Å². The Labute approximate surface area is 113 Å². The molecule has 2 atom stereocenters. The van der Waals surface area contributed by atoms with E-state index in [0.29, 0.717) is 5.69 Å². The van der Waals surface area contributed by atoms with Gasteiger partial charge in [0.05, 0.1) is 5.69 Å². The first-order valence-corrected chi connectivity index (χ1v) is 6.71. The maximum Gasteiger partial charge on any atom is 0.326 e. The molecule has 1 aromatic carbocycles. The fourth-order valence-corrected chi connectivity index (χ4v) is 2.92. The summed E-state index contributed by atoms with van der Waals surface area (Å²) < 4.78 is 5.81. The second-order valence-electron chi connectivity index (χ2n) is 4.34. The van der Waals surface area contributed by atoms with Crippen molar-refractivity contribution in [2.45, 2.75) is 18.6 Å². The van der Waals surface area contributed by atoms with Crippen molar-refractivity contribution in [3.05, 3.63) is 45.9 Å². The van der Waals surface area contributed by atoms with Crippen LogP contribution >= 0.6 is 11.3 Å². The van der Waals surface area contributed by atoms with Crippen molar-refractivity contribution in [1.82, 2.24) is 4.98 Å². The van der Waals surface area contributed by atoms with Crippen LogP contribution in [0.2, 0.25) is 0 Å². The molecule has 19 heavy (non-hydrogen) atoms. The normalized spacial score (nSPS) is 18.7. The molecule has 2 heterocycles. The van der Waals surface area contributed by atoms with Crippen LogP contribution in [0, 0.1) is 0 Å². The maximum atomic E-state index is 10.8. The van der Waals surface area contributed by atoms with Gasteiger partial charge >= 0.3 is 5.97 Å². The molecule has 3 rings (SSSR count). The Kier molecular flexibility index (Phi) is 2.96. The van der Waals surface area contributed by atoms with Crippen LogP contribution in [0.15, 0.2) is 29.6 Å². The number of benzene rings is 1. The van der Waals surface area contributed by atoms with Gasteiger partial charge in [0.2, 0.25) is 0 Å². The summed E-state index contributed by atoms with van der Waals surface area (Å²) in [6.07, 6.45) is 0.614. The number of fused-ring (bicyclic) bond motifs is 1. The predicted octanol–water partition coefficient (Wildman–Crippen LogP) is 1.90. The highest BCUT2D eigenvalue weighted by Gasteiger charge is 2.27. The molecule has 0 saturated carbocycles. The quantitative estimate of drug-likeness (QED) is 0.894. The largest absolute Gasteiger partial charge is 0.483 e. The van der Waals surface area contributed by atoms with Crippen molar-refractivity contribution in [2.24, 2.45) is 5.73 Å². The molecular formula is C13H12N2O3S. The Morgan fingerprint density at radius 1 is 1.53 bits per heavy atom. The molecule has 0 aliphatic carbocycles. The Morgan fingerprint density at radius 2 is 2.32 bits per heavy atom. The molecule has 1 aliphatic heterocycles. The summed E-state index contributed by atoms with van der Waals surface area (Å²) >= 11 is 1.38. The van der Waals surface area contributed by atoms with Crippen LogP contribution < -0.4 is 10.5 Å². The average Bonchev–Trinajstić information content (AvgIpc) is 3.03. The summed E-state index contributed by atoms with van der Waals surface area (Å²) in [7, 11) is 0. The Morgan fingerprint density at radius 3 is 3.05 bits per heavy atom. The van der Waals surface area contributed by atoms with Gasteiger partial charge < -0.3 is 15.6 Å². The monoisotopic (exact) mass is 276 g/mol. The number of nitrogens with two attached hydrogens (primary N) is 1. The molecule has 98 valence electrons. The number of hydrogen-bond acceptors (Lipinski definition) is 5. The first kappa shape index (κ1) is 12.1. The number of carboxylic acids is 1. The molecule has 0 bridgehead atoms. The van der Waals surface area contributed by atoms with Gasteiger partial charge in [-0.3, -0.25) is 4.79 Å². The predicted molar refractivity (Wildman–Crippen MR) is 70.2 cm³/mol. The lowest BCUT2D eigenvalue weighted by Gasteiger charge is -2.07. The lowest BCUT2D eigenvalue weighted by Crippen LogP contribution is -2.21. The van der Waals surface area contributed by atoms with Crippen LogP contribution in [0.3, 0.4) is 0 Å². The maximum absolute atomic E-state index is 10.8. The van der Waals surface area contributed by atoms with Crippen molar-refractivity contribution >= 4 is 17.3 Å². The fraction of sp³-hybridized carbons (Fsp3) is 0.231. The van der Waals surface area contributed by atoms with Gasteiger partial charge in [-0.15, -0.1) is 11.3 Å². The molecule has 0 spiro atoms. The molecule has 0 saturated heterocycles. The van der Waals surface area contributed by atoms with E-state index in [1.165, 1.54) is 11.3 Å². The molecule has 0 fully saturated rings. The van der Waals surface area contributed by atoms with E-state index < -0.39 is 12.0 Å². The summed E-state index contributed by atoms with van der Waals surface area (Å²) in [5.41, 5.74) is 7.06. The number of aliphatic carboxylic acids is 1. The number of rotatable bonds is 3. The minimum absolute atomic E-state index is 0.142. The zero-order valence-corrected chi connectivity index (χ0v) is 10.8. The van der Waals surface area contributed by atoms with Gasteiger partial charge in [0.1, 0.15) is 16.8 Å². The number of nitrogens with zero attached hydrogens (tertiary/aromatic N) is 1. The van der Waals surface area contributed by atoms with Gasteiger partial charge in [-0.25, -0.2) is 4.98 Å². The molecular weight excluding hydrogens is 264 g/mol. The van der Waals surface area contributed by atoms with Crippen LogP contribution in [0.1, 0.15) is 28.4 Å². The molecule has 6 heteroatoms. The van der Waals surface area contributed by atoms with Crippen LogP contribution in [0.4, 0.5) is 0 Å². The number of carbonyl (C=O) groups is 1. The molecule has 2 unspecified atom stereocenters. The van der Waals surface area contributed by atoms with Crippen LogP contribution in [0.25, 0.3) is 0 Å². The number of thiazole rings is 1. The topological polar surface area (TPSA) is 85.4 Å². The van der Waals surface area contributed by atoms with E-state index in [-0.39, 0.29) is 6.10 Å². The minimum Gasteiger partial charge on any atom is -0.483 e. The smallest absolute Gasteiger partial charge is 0.326 e. The Hall–Kier alpha value is -1.92. The third-order valence-electron chi connectivity index (χ3n) is 3.05. The van der Waals surface area contributed by atoms with Gasteiger partial charge in [-0.1, -0.05) is 18.2 Å². The lowest BCUT2D eigenvalue weighted by atomic mass is 10.1. The first-order chi connectivity index (χ1) is 9.15. The lowest BCUT2D eigenvalue weighted by molar-refractivity contribution is -0.138. The molecule has 1 aliphatic rings. The van der Waals surface area contributed by atoms with Gasteiger partial charge in [0.15, 0.2) is 6.10 Å². The minimum atomic E-state index is -1.08. The molecule has 0 amide bonds. The highest BCUT2D eigenvalue weighted by molar-refractivity contribution is 7.09. The average molecular weight is 276 g/mol. The second kappa shape index (κ2) is 4.64. The third kappa shape index (κ3) is 2.20. The van der Waals surface area contributed by atoms with Crippen LogP contribution in [-0.2, 0) is 11.2 Å². The van der Waals surface area contributed by atoms with Gasteiger partial charge in [0.25, 0.3) is 0 Å². The molecule has 5 nitrogen and oxygen atoms in total. The Bertz CT molecular complexity index is 601. The molecule has 1 aromatic heterocycles. The second-order valence-corrected chi connectivity index (χ2v) is 5.23. The standard InChI is InChI=1S/C13H12N2O3S/c14-11(13(16)17)8-6-19-12(15-8)10-5-7-3-1-2-4-9(7)18-10/h1-4,6,10-11H,5,14H2,(H,16,17). The number of carboxylic acid groups (broad SMARTS) is 1. The van der Waals surface area contributed by atoms with E-state index in [9.17, 15) is 4.79 Å². The van der Waals surface area contributed by atoms with Crippen molar-refractivity contribution in [3.8, 4) is 5.75 Å². The van der Waals surface area contributed by atoms with E-state index >= 15 is 0 Å². The Balaban J connectivity index is 1.81. The summed E-state index contributed by atoms with van der Waals surface area (Å²) in [6, 6.07) is 6.76. The zero-order chi connectivity index (χ0) is 13.4. The van der Waals surface area contributed by atoms with E-state index in [0.717, 1.165) is 22.7 Å². The van der Waals surface area contributed by atoms with Gasteiger partial charge in [0, 0.05) is 11.8 Å². The summed E-state index contributed by atoms with van der Waals surface area (Å²) in [4.78, 5) is 15.1. The fourth-order valence-electron chi connectivity index (χ4n) is 2.04. The van der Waals surface area contributed by atoms with Crippen LogP contribution in [-0.4, -0.2) is 16.1 Å². The zero-order valence-electron chi connectivity index (χ0n) is 9.95. The number of hydrogen-bond donors (Lipinski definition) is 2. The number of ether oxygens (including phenoxy) is 1. The third-order valence-corrected chi connectivity index (χ3v) is 4.00. The molecule has 3 N–H and O–H groups in total. The molecule has 2 aromatic rings. The van der Waals surface area contributed by atoms with Gasteiger partial charge in [-0.2, -0.15) is 0 Å². The van der Waals surface area contributed by atoms with Crippen molar-refractivity contribution < 1.29 is 14.6 Å². The van der Waals surface area contributed by atoms with Crippen molar-refractivity contribution in [1.29, 1.82) is 0 Å². The van der Waals surface area contributed by atoms with Crippen molar-refractivity contribution in [2.75, 3.05) is 0 Å². The first-order valence-electron chi connectivity index (χ1n) is 5.83. The van der Waals surface area contributed by atoms with E-state index in [2.05, 4.69) is 4.98 Å². The van der Waals surface area contributed by atoms with Gasteiger partial charge in [-0.05, 0) is 11.6 Å². The summed E-state index contributed by atoms with van der Waals surface area (Å²) in [6.45, 7) is 0.